The van der Waals surface area contributed by atoms with Crippen LogP contribution in [0.25, 0.3) is 21.9 Å². The first-order valence-corrected chi connectivity index (χ1v) is 9.49. The molecule has 4 aromatic heterocycles. The lowest BCUT2D eigenvalue weighted by molar-refractivity contribution is 0.0945. The molecule has 138 valence electrons. The topological polar surface area (TPSA) is 63.7 Å². The van der Waals surface area contributed by atoms with Gasteiger partial charge in [-0.25, -0.2) is 14.4 Å². The number of imidazole rings is 2. The van der Waals surface area contributed by atoms with Crippen molar-refractivity contribution < 1.29 is 9.18 Å². The molecule has 0 aliphatic rings. The molecule has 8 heteroatoms. The molecule has 0 bridgehead atoms. The van der Waals surface area contributed by atoms with Crippen LogP contribution in [0, 0.1) is 5.82 Å². The molecule has 0 saturated heterocycles. The minimum Gasteiger partial charge on any atom is -0.345 e. The minimum atomic E-state index is -0.320. The van der Waals surface area contributed by atoms with Gasteiger partial charge in [0, 0.05) is 29.5 Å². The molecule has 0 saturated carbocycles. The van der Waals surface area contributed by atoms with Gasteiger partial charge in [0.2, 0.25) is 0 Å². The molecule has 0 atom stereocenters. The fourth-order valence-corrected chi connectivity index (χ4v) is 3.92. The highest BCUT2D eigenvalue weighted by Gasteiger charge is 2.15. The van der Waals surface area contributed by atoms with E-state index in [4.69, 9.17) is 0 Å². The number of benzene rings is 1. The number of nitrogens with one attached hydrogen (secondary N) is 1. The lowest BCUT2D eigenvalue weighted by atomic mass is 10.2. The molecule has 0 aliphatic heterocycles. The number of carbonyl (C=O) groups excluding carboxylic acids is 1. The maximum atomic E-state index is 13.5. The van der Waals surface area contributed by atoms with Crippen LogP contribution in [0.5, 0.6) is 0 Å². The van der Waals surface area contributed by atoms with Crippen LogP contribution < -0.4 is 5.32 Å². The van der Waals surface area contributed by atoms with E-state index in [9.17, 15) is 9.18 Å². The van der Waals surface area contributed by atoms with Crippen LogP contribution >= 0.6 is 11.3 Å². The van der Waals surface area contributed by atoms with Gasteiger partial charge in [-0.1, -0.05) is 18.2 Å². The van der Waals surface area contributed by atoms with Crippen molar-refractivity contribution in [2.75, 3.05) is 0 Å². The molecule has 1 aromatic carbocycles. The van der Waals surface area contributed by atoms with Crippen LogP contribution in [0.3, 0.4) is 0 Å². The maximum absolute atomic E-state index is 13.5. The fourth-order valence-electron chi connectivity index (χ4n) is 3.07. The molecule has 1 amide bonds. The lowest BCUT2D eigenvalue weighted by Gasteiger charge is -2.02. The molecule has 5 rings (SSSR count). The highest BCUT2D eigenvalue weighted by atomic mass is 32.1. The van der Waals surface area contributed by atoms with Crippen LogP contribution in [0.4, 0.5) is 4.39 Å². The van der Waals surface area contributed by atoms with E-state index in [-0.39, 0.29) is 11.7 Å². The van der Waals surface area contributed by atoms with Crippen LogP contribution in [0.2, 0.25) is 0 Å². The zero-order valence-corrected chi connectivity index (χ0v) is 15.4. The van der Waals surface area contributed by atoms with E-state index in [1.807, 2.05) is 35.0 Å². The number of halogens is 1. The van der Waals surface area contributed by atoms with Gasteiger partial charge in [0.1, 0.15) is 17.2 Å². The minimum absolute atomic E-state index is 0.216. The van der Waals surface area contributed by atoms with Gasteiger partial charge in [-0.05, 0) is 24.3 Å². The van der Waals surface area contributed by atoms with Gasteiger partial charge in [-0.15, -0.1) is 11.3 Å². The zero-order chi connectivity index (χ0) is 19.1. The SMILES string of the molecule is O=C(NCc1cn2ccccc2n1)c1csc2nc(-c3cccc(F)c3)cn12. The number of fused-ring (bicyclic) bond motifs is 2. The summed E-state index contributed by atoms with van der Waals surface area (Å²) in [6, 6.07) is 12.0. The molecule has 6 nitrogen and oxygen atoms in total. The third-order valence-corrected chi connectivity index (χ3v) is 5.25. The Morgan fingerprint density at radius 3 is 2.93 bits per heavy atom. The Morgan fingerprint density at radius 1 is 1.14 bits per heavy atom. The van der Waals surface area contributed by atoms with E-state index in [0.29, 0.717) is 28.5 Å². The van der Waals surface area contributed by atoms with Crippen LogP contribution in [-0.2, 0) is 6.54 Å². The molecular formula is C20H14FN5OS. The summed E-state index contributed by atoms with van der Waals surface area (Å²) in [7, 11) is 0. The second-order valence-electron chi connectivity index (χ2n) is 6.29. The highest BCUT2D eigenvalue weighted by molar-refractivity contribution is 7.15. The largest absolute Gasteiger partial charge is 0.345 e. The predicted molar refractivity (Wildman–Crippen MR) is 105 cm³/mol. The average Bonchev–Trinajstić information content (AvgIpc) is 3.39. The van der Waals surface area contributed by atoms with E-state index in [1.54, 1.807) is 28.1 Å². The summed E-state index contributed by atoms with van der Waals surface area (Å²) < 4.78 is 17.1. The summed E-state index contributed by atoms with van der Waals surface area (Å²) in [5, 5.41) is 4.66. The summed E-state index contributed by atoms with van der Waals surface area (Å²) in [6.07, 6.45) is 5.55. The second kappa shape index (κ2) is 6.58. The summed E-state index contributed by atoms with van der Waals surface area (Å²) in [5.74, 6) is -0.536. The smallest absolute Gasteiger partial charge is 0.269 e. The molecular weight excluding hydrogens is 377 g/mol. The standard InChI is InChI=1S/C20H14FN5OS/c21-14-5-3-4-13(8-14)16-11-26-17(12-28-20(26)24-16)19(27)22-9-15-10-25-7-2-1-6-18(25)23-15/h1-8,10-12H,9H2,(H,22,27). The van der Waals surface area contributed by atoms with Crippen LogP contribution in [0.15, 0.2) is 66.4 Å². The van der Waals surface area contributed by atoms with Crippen molar-refractivity contribution in [2.45, 2.75) is 6.54 Å². The predicted octanol–water partition coefficient (Wildman–Crippen LogP) is 3.78. The van der Waals surface area contributed by atoms with Crippen molar-refractivity contribution in [1.82, 2.24) is 24.1 Å². The van der Waals surface area contributed by atoms with E-state index < -0.39 is 0 Å². The second-order valence-corrected chi connectivity index (χ2v) is 7.13. The number of nitrogens with zero attached hydrogens (tertiary/aromatic N) is 4. The van der Waals surface area contributed by atoms with Crippen molar-refractivity contribution in [1.29, 1.82) is 0 Å². The van der Waals surface area contributed by atoms with Gasteiger partial charge in [0.15, 0.2) is 4.96 Å². The molecule has 5 aromatic rings. The van der Waals surface area contributed by atoms with Gasteiger partial charge in [0.05, 0.1) is 17.9 Å². The van der Waals surface area contributed by atoms with Crippen LogP contribution in [0.1, 0.15) is 16.2 Å². The Kier molecular flexibility index (Phi) is 3.91. The quantitative estimate of drug-likeness (QED) is 0.507. The zero-order valence-electron chi connectivity index (χ0n) is 14.5. The Balaban J connectivity index is 1.38. The Bertz CT molecular complexity index is 1290. The third-order valence-electron chi connectivity index (χ3n) is 4.41. The summed E-state index contributed by atoms with van der Waals surface area (Å²) in [6.45, 7) is 0.323. The monoisotopic (exact) mass is 391 g/mol. The number of hydrogen-bond acceptors (Lipinski definition) is 4. The van der Waals surface area contributed by atoms with Gasteiger partial charge >= 0.3 is 0 Å². The van der Waals surface area contributed by atoms with Gasteiger partial charge in [0.25, 0.3) is 5.91 Å². The number of thiazole rings is 1. The van der Waals surface area contributed by atoms with Crippen molar-refractivity contribution in [3.05, 3.63) is 83.6 Å². The Labute approximate surface area is 162 Å². The first-order valence-electron chi connectivity index (χ1n) is 8.61. The van der Waals surface area contributed by atoms with E-state index in [2.05, 4.69) is 15.3 Å². The molecule has 4 heterocycles. The number of rotatable bonds is 4. The van der Waals surface area contributed by atoms with Crippen molar-refractivity contribution in [3.63, 3.8) is 0 Å². The number of hydrogen-bond donors (Lipinski definition) is 1. The average molecular weight is 391 g/mol. The Hall–Kier alpha value is -3.52. The van der Waals surface area contributed by atoms with Crippen molar-refractivity contribution >= 4 is 27.9 Å². The summed E-state index contributed by atoms with van der Waals surface area (Å²) in [5.41, 5.74) is 3.39. The van der Waals surface area contributed by atoms with E-state index in [1.165, 1.54) is 23.5 Å². The van der Waals surface area contributed by atoms with Crippen molar-refractivity contribution in [3.8, 4) is 11.3 Å². The number of aromatic nitrogens is 4. The molecule has 0 fully saturated rings. The number of pyridine rings is 1. The number of amides is 1. The normalized spacial score (nSPS) is 11.3. The Morgan fingerprint density at radius 2 is 2.07 bits per heavy atom. The molecule has 0 unspecified atom stereocenters. The fraction of sp³-hybridized carbons (Fsp3) is 0.0500. The molecule has 0 radical (unpaired) electrons. The van der Waals surface area contributed by atoms with E-state index in [0.717, 1.165) is 11.3 Å². The molecule has 28 heavy (non-hydrogen) atoms. The summed E-state index contributed by atoms with van der Waals surface area (Å²) in [4.78, 5) is 22.3. The van der Waals surface area contributed by atoms with Crippen LogP contribution in [-0.4, -0.2) is 24.7 Å². The van der Waals surface area contributed by atoms with Gasteiger partial charge in [-0.2, -0.15) is 0 Å². The highest BCUT2D eigenvalue weighted by Crippen LogP contribution is 2.24. The molecule has 1 N–H and O–H groups in total. The van der Waals surface area contributed by atoms with Gasteiger partial charge in [-0.3, -0.25) is 9.20 Å². The number of carbonyl (C=O) groups is 1. The van der Waals surface area contributed by atoms with Crippen molar-refractivity contribution in [2.24, 2.45) is 0 Å². The molecule has 0 spiro atoms. The first-order chi connectivity index (χ1) is 13.7. The first kappa shape index (κ1) is 16.6. The summed E-state index contributed by atoms with van der Waals surface area (Å²) >= 11 is 1.36. The molecule has 0 aliphatic carbocycles. The maximum Gasteiger partial charge on any atom is 0.269 e. The lowest BCUT2D eigenvalue weighted by Crippen LogP contribution is -2.24. The van der Waals surface area contributed by atoms with Gasteiger partial charge < -0.3 is 9.72 Å². The third kappa shape index (κ3) is 2.93. The van der Waals surface area contributed by atoms with E-state index >= 15 is 0 Å².